The molecule has 14 heavy (non-hydrogen) atoms. The molecule has 1 spiro atoms. The summed E-state index contributed by atoms with van der Waals surface area (Å²) in [7, 11) is 1.88. The third kappa shape index (κ3) is 0.710. The number of rotatable bonds is 0. The largest absolute Gasteiger partial charge is 0.399 e. The molecule has 3 heteroatoms. The maximum absolute atomic E-state index is 11.8. The number of amides is 1. The fourth-order valence-corrected chi connectivity index (χ4v) is 2.41. The zero-order valence-electron chi connectivity index (χ0n) is 8.08. The molecule has 72 valence electrons. The number of nitrogen functional groups attached to an aromatic ring is 1. The van der Waals surface area contributed by atoms with Crippen LogP contribution >= 0.6 is 0 Å². The van der Waals surface area contributed by atoms with Gasteiger partial charge in [0, 0.05) is 18.3 Å². The quantitative estimate of drug-likeness (QED) is 0.624. The number of nitrogens with two attached hydrogens (primary N) is 1. The second-order valence-electron chi connectivity index (χ2n) is 4.20. The number of fused-ring (bicyclic) bond motifs is 2. The monoisotopic (exact) mass is 188 g/mol. The van der Waals surface area contributed by atoms with Gasteiger partial charge in [-0.1, -0.05) is 0 Å². The Labute approximate surface area is 82.5 Å². The molecule has 1 fully saturated rings. The summed E-state index contributed by atoms with van der Waals surface area (Å²) in [5.41, 5.74) is 8.45. The molecule has 3 rings (SSSR count). The smallest absolute Gasteiger partial charge is 0.254 e. The van der Waals surface area contributed by atoms with Gasteiger partial charge in [-0.25, -0.2) is 0 Å². The normalized spacial score (nSPS) is 21.5. The highest BCUT2D eigenvalue weighted by Crippen LogP contribution is 2.55. The Morgan fingerprint density at radius 3 is 2.79 bits per heavy atom. The van der Waals surface area contributed by atoms with E-state index in [2.05, 4.69) is 0 Å². The summed E-state index contributed by atoms with van der Waals surface area (Å²) in [6.07, 6.45) is 2.15. The van der Waals surface area contributed by atoms with Crippen LogP contribution in [0, 0.1) is 0 Å². The van der Waals surface area contributed by atoms with Crippen LogP contribution in [0.1, 0.15) is 28.8 Å². The molecule has 0 unspecified atom stereocenters. The first-order valence-corrected chi connectivity index (χ1v) is 4.83. The molecule has 2 N–H and O–H groups in total. The molecule has 0 atom stereocenters. The Kier molecular flexibility index (Phi) is 1.18. The van der Waals surface area contributed by atoms with Gasteiger partial charge in [-0.3, -0.25) is 4.79 Å². The molecule has 1 amide bonds. The Morgan fingerprint density at radius 2 is 2.14 bits per heavy atom. The van der Waals surface area contributed by atoms with Crippen molar-refractivity contribution in [2.45, 2.75) is 18.4 Å². The predicted octanol–water partition coefficient (Wildman–Crippen LogP) is 1.34. The molecule has 1 aromatic carbocycles. The first-order chi connectivity index (χ1) is 6.65. The van der Waals surface area contributed by atoms with Crippen LogP contribution in [0.3, 0.4) is 0 Å². The van der Waals surface area contributed by atoms with Gasteiger partial charge in [0.1, 0.15) is 0 Å². The second-order valence-corrected chi connectivity index (χ2v) is 4.20. The van der Waals surface area contributed by atoms with Crippen molar-refractivity contribution >= 4 is 11.6 Å². The van der Waals surface area contributed by atoms with Gasteiger partial charge < -0.3 is 10.6 Å². The molecule has 1 aliphatic carbocycles. The van der Waals surface area contributed by atoms with Crippen LogP contribution in [0.25, 0.3) is 0 Å². The Morgan fingerprint density at radius 1 is 1.43 bits per heavy atom. The first kappa shape index (κ1) is 7.85. The zero-order chi connectivity index (χ0) is 9.92. The number of carbonyl (C=O) groups excluding carboxylic acids is 1. The van der Waals surface area contributed by atoms with Gasteiger partial charge in [-0.05, 0) is 36.6 Å². The lowest BCUT2D eigenvalue weighted by Crippen LogP contribution is -2.28. The van der Waals surface area contributed by atoms with E-state index in [-0.39, 0.29) is 11.4 Å². The summed E-state index contributed by atoms with van der Waals surface area (Å²) in [6, 6.07) is 5.59. The first-order valence-electron chi connectivity index (χ1n) is 4.83. The molecule has 0 aromatic heterocycles. The third-order valence-electron chi connectivity index (χ3n) is 3.45. The molecule has 2 aliphatic rings. The lowest BCUT2D eigenvalue weighted by molar-refractivity contribution is 0.0755. The van der Waals surface area contributed by atoms with Gasteiger partial charge in [-0.2, -0.15) is 0 Å². The van der Waals surface area contributed by atoms with Gasteiger partial charge in [0.05, 0.1) is 5.54 Å². The van der Waals surface area contributed by atoms with Gasteiger partial charge in [0.25, 0.3) is 5.91 Å². The summed E-state index contributed by atoms with van der Waals surface area (Å²) in [5.74, 6) is 0.137. The van der Waals surface area contributed by atoms with Crippen LogP contribution in [-0.4, -0.2) is 17.9 Å². The fraction of sp³-hybridized carbons (Fsp3) is 0.364. The van der Waals surface area contributed by atoms with E-state index in [0.717, 1.165) is 29.7 Å². The number of anilines is 1. The molecule has 1 saturated carbocycles. The lowest BCUT2D eigenvalue weighted by atomic mass is 10.0. The second kappa shape index (κ2) is 2.11. The van der Waals surface area contributed by atoms with Crippen molar-refractivity contribution in [2.75, 3.05) is 12.8 Å². The highest BCUT2D eigenvalue weighted by Gasteiger charge is 2.56. The van der Waals surface area contributed by atoms with E-state index in [4.69, 9.17) is 5.73 Å². The van der Waals surface area contributed by atoms with Crippen molar-refractivity contribution in [1.82, 2.24) is 4.90 Å². The fourth-order valence-electron chi connectivity index (χ4n) is 2.41. The summed E-state index contributed by atoms with van der Waals surface area (Å²) in [6.45, 7) is 0. The van der Waals surface area contributed by atoms with E-state index in [9.17, 15) is 4.79 Å². The van der Waals surface area contributed by atoms with Crippen molar-refractivity contribution in [1.29, 1.82) is 0 Å². The molecular weight excluding hydrogens is 176 g/mol. The third-order valence-corrected chi connectivity index (χ3v) is 3.45. The maximum Gasteiger partial charge on any atom is 0.254 e. The van der Waals surface area contributed by atoms with Crippen LogP contribution in [0.5, 0.6) is 0 Å². The minimum Gasteiger partial charge on any atom is -0.399 e. The van der Waals surface area contributed by atoms with Gasteiger partial charge in [-0.15, -0.1) is 0 Å². The molecule has 1 aromatic rings. The SMILES string of the molecule is CN1C(=O)c2ccc(N)cc2C12CC2. The minimum atomic E-state index is 0.00178. The minimum absolute atomic E-state index is 0.00178. The molecule has 0 radical (unpaired) electrons. The topological polar surface area (TPSA) is 46.3 Å². The van der Waals surface area contributed by atoms with E-state index in [1.165, 1.54) is 0 Å². The summed E-state index contributed by atoms with van der Waals surface area (Å²) >= 11 is 0. The highest BCUT2D eigenvalue weighted by molar-refractivity contribution is 6.00. The number of hydrogen-bond donors (Lipinski definition) is 1. The molecule has 0 saturated heterocycles. The highest BCUT2D eigenvalue weighted by atomic mass is 16.2. The Balaban J connectivity index is 2.27. The van der Waals surface area contributed by atoms with Crippen LogP contribution in [-0.2, 0) is 5.54 Å². The van der Waals surface area contributed by atoms with Crippen molar-refractivity contribution in [2.24, 2.45) is 0 Å². The van der Waals surface area contributed by atoms with E-state index < -0.39 is 0 Å². The average molecular weight is 188 g/mol. The van der Waals surface area contributed by atoms with Gasteiger partial charge in [0.2, 0.25) is 0 Å². The summed E-state index contributed by atoms with van der Waals surface area (Å²) in [4.78, 5) is 13.7. The molecule has 1 heterocycles. The van der Waals surface area contributed by atoms with E-state index >= 15 is 0 Å². The molecule has 0 bridgehead atoms. The van der Waals surface area contributed by atoms with Crippen LogP contribution in [0.15, 0.2) is 18.2 Å². The molecule has 1 aliphatic heterocycles. The maximum atomic E-state index is 11.8. The number of hydrogen-bond acceptors (Lipinski definition) is 2. The molecular formula is C11H12N2O. The van der Waals surface area contributed by atoms with Crippen molar-refractivity contribution in [3.8, 4) is 0 Å². The summed E-state index contributed by atoms with van der Waals surface area (Å²) in [5, 5.41) is 0. The van der Waals surface area contributed by atoms with Crippen LogP contribution in [0.4, 0.5) is 5.69 Å². The standard InChI is InChI=1S/C11H12N2O/c1-13-10(14)8-3-2-7(12)6-9(8)11(13)4-5-11/h2-3,6H,4-5,12H2,1H3. The Bertz CT molecular complexity index is 435. The van der Waals surface area contributed by atoms with Crippen molar-refractivity contribution < 1.29 is 4.79 Å². The van der Waals surface area contributed by atoms with Crippen molar-refractivity contribution in [3.05, 3.63) is 29.3 Å². The summed E-state index contributed by atoms with van der Waals surface area (Å²) < 4.78 is 0. The molecule has 3 nitrogen and oxygen atoms in total. The lowest BCUT2D eigenvalue weighted by Gasteiger charge is -2.19. The van der Waals surface area contributed by atoms with E-state index in [1.807, 2.05) is 24.1 Å². The van der Waals surface area contributed by atoms with Crippen LogP contribution in [0.2, 0.25) is 0 Å². The zero-order valence-corrected chi connectivity index (χ0v) is 8.08. The van der Waals surface area contributed by atoms with Gasteiger partial charge in [0.15, 0.2) is 0 Å². The number of nitrogens with zero attached hydrogens (tertiary/aromatic N) is 1. The van der Waals surface area contributed by atoms with Crippen molar-refractivity contribution in [3.63, 3.8) is 0 Å². The van der Waals surface area contributed by atoms with E-state index in [1.54, 1.807) is 6.07 Å². The number of benzene rings is 1. The predicted molar refractivity (Wildman–Crippen MR) is 53.9 cm³/mol. The van der Waals surface area contributed by atoms with E-state index in [0.29, 0.717) is 0 Å². The van der Waals surface area contributed by atoms with Gasteiger partial charge >= 0.3 is 0 Å². The Hall–Kier alpha value is -1.51. The van der Waals surface area contributed by atoms with Crippen LogP contribution < -0.4 is 5.73 Å². The average Bonchev–Trinajstić information content (AvgIpc) is 2.93. The number of carbonyl (C=O) groups is 1.